The van der Waals surface area contributed by atoms with Crippen molar-refractivity contribution >= 4 is 6.09 Å². The van der Waals surface area contributed by atoms with Crippen molar-refractivity contribution in [1.29, 1.82) is 0 Å². The van der Waals surface area contributed by atoms with Crippen molar-refractivity contribution in [2.45, 2.75) is 71.3 Å². The fourth-order valence-corrected chi connectivity index (χ4v) is 4.38. The van der Waals surface area contributed by atoms with Crippen LogP contribution in [-0.2, 0) is 30.8 Å². The number of carbonyl (C=O) groups is 1. The number of nitrogens with one attached hydrogen (secondary N) is 1. The van der Waals surface area contributed by atoms with E-state index in [-0.39, 0.29) is 12.1 Å². The Bertz CT molecular complexity index is 1140. The second kappa shape index (κ2) is 11.5. The summed E-state index contributed by atoms with van der Waals surface area (Å²) in [6, 6.07) is 16.4. The number of methoxy groups -OCH3 is 1. The number of carbonyl (C=O) groups excluding carboxylic acids is 1. The van der Waals surface area contributed by atoms with Crippen molar-refractivity contribution in [2.75, 3.05) is 7.11 Å². The average Bonchev–Trinajstić information content (AvgIpc) is 2.87. The molecule has 0 bridgehead atoms. The van der Waals surface area contributed by atoms with Crippen LogP contribution in [0.15, 0.2) is 60.9 Å². The molecule has 190 valence electrons. The molecule has 2 aromatic heterocycles. The molecule has 0 radical (unpaired) electrons. The Balaban J connectivity index is 1.39. The Morgan fingerprint density at radius 1 is 1.08 bits per heavy atom. The van der Waals surface area contributed by atoms with Crippen LogP contribution >= 0.6 is 0 Å². The van der Waals surface area contributed by atoms with E-state index in [1.54, 1.807) is 24.4 Å². The minimum absolute atomic E-state index is 0.236. The number of ether oxygens (including phenoxy) is 2. The smallest absolute Gasteiger partial charge is 0.410 e. The van der Waals surface area contributed by atoms with Crippen molar-refractivity contribution in [3.8, 4) is 5.75 Å². The average molecular weight is 489 g/mol. The van der Waals surface area contributed by atoms with Gasteiger partial charge in [0.1, 0.15) is 11.4 Å². The normalized spacial score (nSPS) is 15.2. The van der Waals surface area contributed by atoms with Crippen molar-refractivity contribution < 1.29 is 14.3 Å². The van der Waals surface area contributed by atoms with Crippen LogP contribution in [0.2, 0.25) is 0 Å². The number of hydrogen-bond donors (Lipinski definition) is 1. The number of rotatable bonds is 8. The Hall–Kier alpha value is -3.45. The van der Waals surface area contributed by atoms with E-state index in [4.69, 9.17) is 9.47 Å². The van der Waals surface area contributed by atoms with Crippen LogP contribution in [0.1, 0.15) is 67.7 Å². The third-order valence-electron chi connectivity index (χ3n) is 6.16. The van der Waals surface area contributed by atoms with Gasteiger partial charge in [-0.2, -0.15) is 0 Å². The molecule has 1 aromatic carbocycles. The minimum atomic E-state index is -0.563. The highest BCUT2D eigenvalue weighted by molar-refractivity contribution is 5.68. The monoisotopic (exact) mass is 488 g/mol. The van der Waals surface area contributed by atoms with Crippen molar-refractivity contribution in [2.24, 2.45) is 0 Å². The molecule has 0 saturated carbocycles. The Morgan fingerprint density at radius 2 is 1.86 bits per heavy atom. The molecule has 1 unspecified atom stereocenters. The van der Waals surface area contributed by atoms with Crippen LogP contribution in [0, 0.1) is 0 Å². The quantitative estimate of drug-likeness (QED) is 0.445. The number of pyridine rings is 2. The Labute approximate surface area is 213 Å². The molecule has 0 aliphatic heterocycles. The van der Waals surface area contributed by atoms with E-state index in [0.717, 1.165) is 48.5 Å². The van der Waals surface area contributed by atoms with Gasteiger partial charge in [0.05, 0.1) is 37.3 Å². The van der Waals surface area contributed by atoms with Gasteiger partial charge in [0, 0.05) is 19.3 Å². The summed E-state index contributed by atoms with van der Waals surface area (Å²) in [7, 11) is 1.68. The van der Waals surface area contributed by atoms with Crippen LogP contribution in [0.3, 0.4) is 0 Å². The summed E-state index contributed by atoms with van der Waals surface area (Å²) in [5.41, 5.74) is 4.88. The van der Waals surface area contributed by atoms with Crippen molar-refractivity contribution in [1.82, 2.24) is 20.2 Å². The van der Waals surface area contributed by atoms with Gasteiger partial charge in [-0.15, -0.1) is 0 Å². The van der Waals surface area contributed by atoms with Crippen LogP contribution in [-0.4, -0.2) is 33.7 Å². The first-order chi connectivity index (χ1) is 17.3. The third kappa shape index (κ3) is 7.04. The molecular weight excluding hydrogens is 452 g/mol. The highest BCUT2D eigenvalue weighted by atomic mass is 16.6. The van der Waals surface area contributed by atoms with Crippen LogP contribution < -0.4 is 10.1 Å². The lowest BCUT2D eigenvalue weighted by molar-refractivity contribution is 0.0214. The zero-order chi connectivity index (χ0) is 25.5. The molecule has 7 heteroatoms. The number of benzene rings is 1. The van der Waals surface area contributed by atoms with Crippen LogP contribution in [0.4, 0.5) is 4.79 Å². The van der Waals surface area contributed by atoms with Crippen LogP contribution in [0.25, 0.3) is 0 Å². The van der Waals surface area contributed by atoms with Gasteiger partial charge in [0.25, 0.3) is 0 Å². The number of aromatic nitrogens is 2. The summed E-state index contributed by atoms with van der Waals surface area (Å²) in [6.45, 7) is 7.22. The molecule has 0 spiro atoms. The van der Waals surface area contributed by atoms with Gasteiger partial charge < -0.3 is 14.8 Å². The standard InChI is InChI=1S/C29H36N4O3/c1-29(2,3)36-28(34)33(20-24-9-5-6-15-30-24)19-22-13-11-21(12-14-22)17-31-26-10-7-8-23-16-25(35-4)18-32-27(23)26/h5-6,9,11-16,18,26,31H,7-8,10,17,19-20H2,1-4H3. The molecule has 36 heavy (non-hydrogen) atoms. The lowest BCUT2D eigenvalue weighted by Crippen LogP contribution is -2.36. The molecule has 0 fully saturated rings. The fourth-order valence-electron chi connectivity index (χ4n) is 4.38. The van der Waals surface area contributed by atoms with Gasteiger partial charge in [-0.25, -0.2) is 4.79 Å². The summed E-state index contributed by atoms with van der Waals surface area (Å²) in [5, 5.41) is 3.67. The largest absolute Gasteiger partial charge is 0.495 e. The molecule has 3 aromatic rings. The number of amides is 1. The highest BCUT2D eigenvalue weighted by Crippen LogP contribution is 2.30. The lowest BCUT2D eigenvalue weighted by atomic mass is 9.91. The summed E-state index contributed by atoms with van der Waals surface area (Å²) < 4.78 is 11.0. The van der Waals surface area contributed by atoms with E-state index in [9.17, 15) is 4.79 Å². The van der Waals surface area contributed by atoms with Gasteiger partial charge in [0.2, 0.25) is 0 Å². The zero-order valence-corrected chi connectivity index (χ0v) is 21.7. The maximum atomic E-state index is 12.9. The van der Waals surface area contributed by atoms with Gasteiger partial charge in [-0.1, -0.05) is 30.3 Å². The SMILES string of the molecule is COc1cnc2c(c1)CCCC2NCc1ccc(CN(Cc2ccccn2)C(=O)OC(C)(C)C)cc1. The van der Waals surface area contributed by atoms with Crippen molar-refractivity contribution in [3.63, 3.8) is 0 Å². The molecule has 1 aliphatic rings. The Morgan fingerprint density at radius 3 is 2.56 bits per heavy atom. The first kappa shape index (κ1) is 25.6. The second-order valence-electron chi connectivity index (χ2n) is 10.2. The highest BCUT2D eigenvalue weighted by Gasteiger charge is 2.24. The second-order valence-corrected chi connectivity index (χ2v) is 10.2. The molecular formula is C29H36N4O3. The molecule has 4 rings (SSSR count). The van der Waals surface area contributed by atoms with E-state index in [0.29, 0.717) is 13.1 Å². The Kier molecular flexibility index (Phi) is 8.21. The molecule has 0 saturated heterocycles. The first-order valence-electron chi connectivity index (χ1n) is 12.5. The van der Waals surface area contributed by atoms with E-state index in [1.165, 1.54) is 11.1 Å². The minimum Gasteiger partial charge on any atom is -0.495 e. The molecule has 1 atom stereocenters. The molecule has 1 amide bonds. The predicted octanol–water partition coefficient (Wildman–Crippen LogP) is 5.59. The lowest BCUT2D eigenvalue weighted by Gasteiger charge is -2.27. The maximum Gasteiger partial charge on any atom is 0.410 e. The molecule has 7 nitrogen and oxygen atoms in total. The molecule has 1 aliphatic carbocycles. The number of nitrogens with zero attached hydrogens (tertiary/aromatic N) is 3. The molecule has 2 heterocycles. The van der Waals surface area contributed by atoms with Gasteiger partial charge in [0.15, 0.2) is 0 Å². The summed E-state index contributed by atoms with van der Waals surface area (Å²) >= 11 is 0. The summed E-state index contributed by atoms with van der Waals surface area (Å²) in [5.74, 6) is 0.813. The number of aryl methyl sites for hydroxylation is 1. The number of hydrogen-bond acceptors (Lipinski definition) is 6. The van der Waals surface area contributed by atoms with E-state index < -0.39 is 5.60 Å². The van der Waals surface area contributed by atoms with E-state index >= 15 is 0 Å². The zero-order valence-electron chi connectivity index (χ0n) is 21.7. The summed E-state index contributed by atoms with van der Waals surface area (Å²) in [4.78, 5) is 23.6. The maximum absolute atomic E-state index is 12.9. The van der Waals surface area contributed by atoms with Crippen molar-refractivity contribution in [3.05, 3.63) is 89.0 Å². The fraction of sp³-hybridized carbons (Fsp3) is 0.414. The van der Waals surface area contributed by atoms with E-state index in [2.05, 4.69) is 45.6 Å². The predicted molar refractivity (Wildman–Crippen MR) is 139 cm³/mol. The topological polar surface area (TPSA) is 76.6 Å². The third-order valence-corrected chi connectivity index (χ3v) is 6.16. The van der Waals surface area contributed by atoms with Gasteiger partial charge in [-0.05, 0) is 74.9 Å². The van der Waals surface area contributed by atoms with E-state index in [1.807, 2.05) is 39.0 Å². The first-order valence-corrected chi connectivity index (χ1v) is 12.5. The summed E-state index contributed by atoms with van der Waals surface area (Å²) in [6.07, 6.45) is 6.44. The number of fused-ring (bicyclic) bond motifs is 1. The molecule has 1 N–H and O–H groups in total. The van der Waals surface area contributed by atoms with Gasteiger partial charge >= 0.3 is 6.09 Å². The van der Waals surface area contributed by atoms with Gasteiger partial charge in [-0.3, -0.25) is 14.9 Å². The van der Waals surface area contributed by atoms with Crippen LogP contribution in [0.5, 0.6) is 5.75 Å².